The highest BCUT2D eigenvalue weighted by molar-refractivity contribution is 5.89. The lowest BCUT2D eigenvalue weighted by atomic mass is 10.0. The molecule has 3 rings (SSSR count). The molecule has 2 aliphatic rings. The van der Waals surface area contributed by atoms with E-state index in [2.05, 4.69) is 17.1 Å². The molecule has 0 aliphatic carbocycles. The fraction of sp³-hybridized carbons (Fsp3) is 0.250. The summed E-state index contributed by atoms with van der Waals surface area (Å²) in [6.07, 6.45) is 4.16. The van der Waals surface area contributed by atoms with Gasteiger partial charge in [-0.05, 0) is 6.07 Å². The van der Waals surface area contributed by atoms with Crippen LogP contribution in [0.25, 0.3) is 6.08 Å². The fourth-order valence-electron chi connectivity index (χ4n) is 2.32. The van der Waals surface area contributed by atoms with Crippen molar-refractivity contribution in [1.29, 1.82) is 0 Å². The number of anilines is 1. The molecular weight excluding hydrogens is 240 g/mol. The number of quaternary nitrogens is 1. The van der Waals surface area contributed by atoms with E-state index >= 15 is 0 Å². The van der Waals surface area contributed by atoms with Gasteiger partial charge in [0.15, 0.2) is 5.69 Å². The first kappa shape index (κ1) is 12.0. The third-order valence-corrected chi connectivity index (χ3v) is 2.98. The molecule has 0 bridgehead atoms. The Balaban J connectivity index is 0.00000108. The van der Waals surface area contributed by atoms with Gasteiger partial charge in [0.25, 0.3) is 0 Å². The number of halogens is 1. The number of methoxy groups -OCH3 is 1. The van der Waals surface area contributed by atoms with Crippen molar-refractivity contribution >= 4 is 23.4 Å². The smallest absolute Gasteiger partial charge is 0.334 e. The standard InChI is InChI=1S/C12H12N2O2.ClH/c1-16-9-5-8-3-2-4-14-7-11(15)13-10(6-9)12(8)14;/h2-3,5-6H,4,7H2,1H3,(H,13,15);1H. The van der Waals surface area contributed by atoms with Gasteiger partial charge in [-0.15, -0.1) is 0 Å². The number of carbonyl (C=O) groups excluding carboxylic acids is 1. The van der Waals surface area contributed by atoms with Crippen LogP contribution in [0.15, 0.2) is 18.2 Å². The van der Waals surface area contributed by atoms with Crippen molar-refractivity contribution < 1.29 is 27.3 Å². The Labute approximate surface area is 106 Å². The second-order valence-electron chi connectivity index (χ2n) is 4.05. The monoisotopic (exact) mass is 252 g/mol. The second kappa shape index (κ2) is 4.39. The molecule has 0 fully saturated rings. The van der Waals surface area contributed by atoms with Crippen molar-refractivity contribution in [1.82, 2.24) is 0 Å². The maximum Gasteiger partial charge on any atom is 0.334 e. The summed E-state index contributed by atoms with van der Waals surface area (Å²) >= 11 is 0. The van der Waals surface area contributed by atoms with Crippen molar-refractivity contribution in [3.05, 3.63) is 23.8 Å². The Morgan fingerprint density at radius 3 is 3.00 bits per heavy atom. The van der Waals surface area contributed by atoms with Crippen LogP contribution < -0.4 is 27.4 Å². The number of nitrogens with two attached hydrogens (primary N) is 1. The van der Waals surface area contributed by atoms with E-state index in [-0.39, 0.29) is 18.3 Å². The SMILES string of the molecule is COc1cc2c3c(c1)[NH2+]C(=O)CN3CC=C2.[Cl-]. The summed E-state index contributed by atoms with van der Waals surface area (Å²) in [5, 5.41) is 1.71. The highest BCUT2D eigenvalue weighted by atomic mass is 35.5. The third kappa shape index (κ3) is 1.90. The fourth-order valence-corrected chi connectivity index (χ4v) is 2.32. The number of primary amides is 1. The van der Waals surface area contributed by atoms with Gasteiger partial charge in [-0.1, -0.05) is 12.2 Å². The first-order valence-electron chi connectivity index (χ1n) is 5.29. The van der Waals surface area contributed by atoms with Gasteiger partial charge in [-0.25, -0.2) is 10.1 Å². The summed E-state index contributed by atoms with van der Waals surface area (Å²) < 4.78 is 5.23. The van der Waals surface area contributed by atoms with E-state index in [9.17, 15) is 4.79 Å². The predicted molar refractivity (Wildman–Crippen MR) is 60.8 cm³/mol. The molecule has 4 nitrogen and oxygen atoms in total. The molecule has 1 aromatic carbocycles. The van der Waals surface area contributed by atoms with Crippen LogP contribution in [-0.4, -0.2) is 26.1 Å². The van der Waals surface area contributed by atoms with E-state index < -0.39 is 0 Å². The quantitative estimate of drug-likeness (QED) is 0.552. The minimum Gasteiger partial charge on any atom is -1.00 e. The zero-order valence-electron chi connectivity index (χ0n) is 9.44. The van der Waals surface area contributed by atoms with Crippen LogP contribution in [0.4, 0.5) is 11.4 Å². The average Bonchev–Trinajstić information content (AvgIpc) is 2.28. The predicted octanol–water partition coefficient (Wildman–Crippen LogP) is -2.73. The summed E-state index contributed by atoms with van der Waals surface area (Å²) in [6.45, 7) is 1.29. The van der Waals surface area contributed by atoms with Crippen LogP contribution in [-0.2, 0) is 4.79 Å². The van der Waals surface area contributed by atoms with Gasteiger partial charge in [0.2, 0.25) is 0 Å². The van der Waals surface area contributed by atoms with Gasteiger partial charge in [-0.2, -0.15) is 0 Å². The summed E-state index contributed by atoms with van der Waals surface area (Å²) in [6, 6.07) is 3.92. The number of hydrogen-bond acceptors (Lipinski definition) is 3. The van der Waals surface area contributed by atoms with E-state index in [0.717, 1.165) is 29.2 Å². The van der Waals surface area contributed by atoms with E-state index in [1.807, 2.05) is 12.1 Å². The Hall–Kier alpha value is -1.52. The molecule has 1 amide bonds. The van der Waals surface area contributed by atoms with Crippen LogP contribution >= 0.6 is 0 Å². The largest absolute Gasteiger partial charge is 1.00 e. The van der Waals surface area contributed by atoms with Crippen molar-refractivity contribution in [2.45, 2.75) is 0 Å². The highest BCUT2D eigenvalue weighted by Crippen LogP contribution is 2.36. The Morgan fingerprint density at radius 1 is 1.41 bits per heavy atom. The zero-order valence-corrected chi connectivity index (χ0v) is 10.2. The van der Waals surface area contributed by atoms with E-state index in [4.69, 9.17) is 4.74 Å². The van der Waals surface area contributed by atoms with Gasteiger partial charge < -0.3 is 22.0 Å². The second-order valence-corrected chi connectivity index (χ2v) is 4.05. The summed E-state index contributed by atoms with van der Waals surface area (Å²) in [4.78, 5) is 13.7. The molecular formula is C12H13ClN2O2. The number of rotatable bonds is 1. The Kier molecular flexibility index (Phi) is 3.09. The number of carbonyl (C=O) groups is 1. The van der Waals surface area contributed by atoms with Crippen molar-refractivity contribution in [3.63, 3.8) is 0 Å². The van der Waals surface area contributed by atoms with Crippen LogP contribution in [0.2, 0.25) is 0 Å². The zero-order chi connectivity index (χ0) is 11.1. The van der Waals surface area contributed by atoms with Crippen LogP contribution in [0.3, 0.4) is 0 Å². The molecule has 0 atom stereocenters. The lowest BCUT2D eigenvalue weighted by molar-refractivity contribution is -0.483. The molecule has 2 N–H and O–H groups in total. The summed E-state index contributed by atoms with van der Waals surface area (Å²) in [7, 11) is 1.64. The number of amides is 1. The first-order valence-corrected chi connectivity index (χ1v) is 5.29. The maximum atomic E-state index is 11.6. The minimum atomic E-state index is 0. The van der Waals surface area contributed by atoms with E-state index in [1.165, 1.54) is 0 Å². The maximum absolute atomic E-state index is 11.6. The van der Waals surface area contributed by atoms with Gasteiger partial charge in [-0.3, -0.25) is 0 Å². The molecule has 2 aliphatic heterocycles. The van der Waals surface area contributed by atoms with Crippen LogP contribution in [0.5, 0.6) is 5.75 Å². The average molecular weight is 253 g/mol. The molecule has 0 unspecified atom stereocenters. The lowest BCUT2D eigenvalue weighted by Gasteiger charge is -2.30. The van der Waals surface area contributed by atoms with Gasteiger partial charge in [0, 0.05) is 18.2 Å². The molecule has 0 aromatic heterocycles. The lowest BCUT2D eigenvalue weighted by Crippen LogP contribution is -3.00. The number of hydrogen-bond donors (Lipinski definition) is 1. The molecule has 90 valence electrons. The number of nitrogens with zero attached hydrogens (tertiary/aromatic N) is 1. The number of ether oxygens (including phenoxy) is 1. The Morgan fingerprint density at radius 2 is 2.24 bits per heavy atom. The molecule has 5 heteroatoms. The van der Waals surface area contributed by atoms with Crippen LogP contribution in [0, 0.1) is 0 Å². The summed E-state index contributed by atoms with van der Waals surface area (Å²) in [5.74, 6) is 0.952. The van der Waals surface area contributed by atoms with Gasteiger partial charge in [0.05, 0.1) is 7.11 Å². The van der Waals surface area contributed by atoms with Gasteiger partial charge in [0.1, 0.15) is 18.0 Å². The highest BCUT2D eigenvalue weighted by Gasteiger charge is 2.30. The Bertz CT molecular complexity index is 500. The molecule has 0 saturated carbocycles. The molecule has 2 heterocycles. The van der Waals surface area contributed by atoms with Crippen molar-refractivity contribution in [2.75, 3.05) is 25.1 Å². The normalized spacial score (nSPS) is 16.3. The third-order valence-electron chi connectivity index (χ3n) is 2.98. The molecule has 1 aromatic rings. The van der Waals surface area contributed by atoms with Crippen molar-refractivity contribution in [2.24, 2.45) is 0 Å². The number of benzene rings is 1. The topological polar surface area (TPSA) is 46.1 Å². The molecule has 0 spiro atoms. The molecule has 0 radical (unpaired) electrons. The van der Waals surface area contributed by atoms with E-state index in [1.54, 1.807) is 12.4 Å². The molecule has 17 heavy (non-hydrogen) atoms. The van der Waals surface area contributed by atoms with Crippen LogP contribution in [0.1, 0.15) is 5.56 Å². The minimum absolute atomic E-state index is 0. The summed E-state index contributed by atoms with van der Waals surface area (Å²) in [5.41, 5.74) is 3.25. The van der Waals surface area contributed by atoms with Crippen molar-refractivity contribution in [3.8, 4) is 5.75 Å². The molecule has 0 saturated heterocycles. The first-order chi connectivity index (χ1) is 7.78. The van der Waals surface area contributed by atoms with E-state index in [0.29, 0.717) is 6.54 Å². The van der Waals surface area contributed by atoms with Gasteiger partial charge >= 0.3 is 5.91 Å².